The topological polar surface area (TPSA) is 85.2 Å². The van der Waals surface area contributed by atoms with E-state index in [1.54, 1.807) is 29.0 Å². The van der Waals surface area contributed by atoms with Crippen molar-refractivity contribution >= 4 is 17.3 Å². The molecule has 1 aliphatic rings. The molecular formula is C21H25N3O5. The SMILES string of the molecule is Cc1ccccc1OCCN(C)c1ccc(C(=O)N2CCOCC2)cc1[N+](=O)[O-]. The van der Waals surface area contributed by atoms with Crippen LogP contribution in [0.1, 0.15) is 15.9 Å². The van der Waals surface area contributed by atoms with Crippen LogP contribution in [-0.4, -0.2) is 62.2 Å². The van der Waals surface area contributed by atoms with E-state index >= 15 is 0 Å². The molecule has 0 atom stereocenters. The Morgan fingerprint density at radius 3 is 2.66 bits per heavy atom. The molecule has 8 heteroatoms. The zero-order chi connectivity index (χ0) is 20.8. The van der Waals surface area contributed by atoms with Gasteiger partial charge in [-0.2, -0.15) is 0 Å². The number of carbonyl (C=O) groups excluding carboxylic acids is 1. The molecule has 1 fully saturated rings. The van der Waals surface area contributed by atoms with Crippen LogP contribution in [0.3, 0.4) is 0 Å². The van der Waals surface area contributed by atoms with Gasteiger partial charge in [0.15, 0.2) is 0 Å². The zero-order valence-electron chi connectivity index (χ0n) is 16.7. The smallest absolute Gasteiger partial charge is 0.293 e. The number of hydrogen-bond acceptors (Lipinski definition) is 6. The highest BCUT2D eigenvalue weighted by molar-refractivity contribution is 5.95. The van der Waals surface area contributed by atoms with Crippen LogP contribution < -0.4 is 9.64 Å². The molecular weight excluding hydrogens is 374 g/mol. The van der Waals surface area contributed by atoms with Gasteiger partial charge in [0.1, 0.15) is 18.0 Å². The van der Waals surface area contributed by atoms with Crippen molar-refractivity contribution in [3.05, 3.63) is 63.7 Å². The van der Waals surface area contributed by atoms with Gasteiger partial charge in [0.25, 0.3) is 11.6 Å². The van der Waals surface area contributed by atoms with Gasteiger partial charge in [-0.05, 0) is 30.7 Å². The summed E-state index contributed by atoms with van der Waals surface area (Å²) in [7, 11) is 1.77. The molecule has 0 radical (unpaired) electrons. The van der Waals surface area contributed by atoms with Crippen LogP contribution in [0.5, 0.6) is 5.75 Å². The van der Waals surface area contributed by atoms with Crippen molar-refractivity contribution < 1.29 is 19.2 Å². The first-order chi connectivity index (χ1) is 14.0. The normalized spacial score (nSPS) is 13.8. The van der Waals surface area contributed by atoms with Crippen LogP contribution in [0.15, 0.2) is 42.5 Å². The van der Waals surface area contributed by atoms with Crippen molar-refractivity contribution in [3.63, 3.8) is 0 Å². The summed E-state index contributed by atoms with van der Waals surface area (Å²) >= 11 is 0. The van der Waals surface area contributed by atoms with Crippen LogP contribution in [0, 0.1) is 17.0 Å². The van der Waals surface area contributed by atoms with E-state index in [0.717, 1.165) is 11.3 Å². The minimum Gasteiger partial charge on any atom is -0.491 e. The molecule has 8 nitrogen and oxygen atoms in total. The molecule has 0 bridgehead atoms. The first-order valence-corrected chi connectivity index (χ1v) is 9.52. The van der Waals surface area contributed by atoms with Gasteiger partial charge >= 0.3 is 0 Å². The van der Waals surface area contributed by atoms with E-state index in [1.807, 2.05) is 31.2 Å². The molecule has 1 saturated heterocycles. The number of nitro benzene ring substituents is 1. The molecule has 0 N–H and O–H groups in total. The molecule has 0 spiro atoms. The minimum atomic E-state index is -0.454. The van der Waals surface area contributed by atoms with Gasteiger partial charge in [-0.1, -0.05) is 18.2 Å². The van der Waals surface area contributed by atoms with Crippen molar-refractivity contribution in [1.82, 2.24) is 4.90 Å². The molecule has 0 unspecified atom stereocenters. The van der Waals surface area contributed by atoms with E-state index in [9.17, 15) is 14.9 Å². The Morgan fingerprint density at radius 1 is 1.24 bits per heavy atom. The van der Waals surface area contributed by atoms with Crippen LogP contribution in [-0.2, 0) is 4.74 Å². The van der Waals surface area contributed by atoms with E-state index in [-0.39, 0.29) is 11.6 Å². The van der Waals surface area contributed by atoms with E-state index in [1.165, 1.54) is 6.07 Å². The van der Waals surface area contributed by atoms with E-state index in [4.69, 9.17) is 9.47 Å². The molecule has 154 valence electrons. The molecule has 2 aromatic carbocycles. The molecule has 1 heterocycles. The molecule has 29 heavy (non-hydrogen) atoms. The third kappa shape index (κ3) is 5.03. The van der Waals surface area contributed by atoms with Crippen LogP contribution >= 0.6 is 0 Å². The summed E-state index contributed by atoms with van der Waals surface area (Å²) < 4.78 is 11.0. The van der Waals surface area contributed by atoms with Crippen molar-refractivity contribution in [2.75, 3.05) is 51.4 Å². The number of aryl methyl sites for hydroxylation is 1. The van der Waals surface area contributed by atoms with Gasteiger partial charge in [0.2, 0.25) is 0 Å². The monoisotopic (exact) mass is 399 g/mol. The van der Waals surface area contributed by atoms with Crippen LogP contribution in [0.4, 0.5) is 11.4 Å². The Hall–Kier alpha value is -3.13. The number of amides is 1. The molecule has 0 aromatic heterocycles. The third-order valence-corrected chi connectivity index (χ3v) is 4.91. The number of nitrogens with zero attached hydrogens (tertiary/aromatic N) is 3. The van der Waals surface area contributed by atoms with E-state index in [0.29, 0.717) is 50.7 Å². The first kappa shape index (κ1) is 20.6. The molecule has 1 aliphatic heterocycles. The highest BCUT2D eigenvalue weighted by atomic mass is 16.6. The average molecular weight is 399 g/mol. The standard InChI is InChI=1S/C21H25N3O5/c1-16-5-3-4-6-20(16)29-14-9-22(2)18-8-7-17(15-19(18)24(26)27)21(25)23-10-12-28-13-11-23/h3-8,15H,9-14H2,1-2H3. The summed E-state index contributed by atoms with van der Waals surface area (Å²) in [6, 6.07) is 12.3. The van der Waals surface area contributed by atoms with Gasteiger partial charge in [-0.25, -0.2) is 0 Å². The van der Waals surface area contributed by atoms with Crippen LogP contribution in [0.25, 0.3) is 0 Å². The molecule has 1 amide bonds. The predicted octanol–water partition coefficient (Wildman–Crippen LogP) is 2.89. The van der Waals surface area contributed by atoms with Crippen molar-refractivity contribution in [2.24, 2.45) is 0 Å². The lowest BCUT2D eigenvalue weighted by molar-refractivity contribution is -0.384. The quantitative estimate of drug-likeness (QED) is 0.526. The minimum absolute atomic E-state index is 0.0949. The maximum atomic E-state index is 12.6. The number of hydrogen-bond donors (Lipinski definition) is 0. The number of rotatable bonds is 7. The van der Waals surface area contributed by atoms with Gasteiger partial charge in [-0.3, -0.25) is 14.9 Å². The lowest BCUT2D eigenvalue weighted by atomic mass is 10.1. The summed E-state index contributed by atoms with van der Waals surface area (Å²) in [4.78, 5) is 27.2. The Labute approximate surface area is 169 Å². The molecule has 2 aromatic rings. The van der Waals surface area contributed by atoms with Gasteiger partial charge < -0.3 is 19.3 Å². The summed E-state index contributed by atoms with van der Waals surface area (Å²) in [6.07, 6.45) is 0. The average Bonchev–Trinajstić information content (AvgIpc) is 2.74. The molecule has 0 saturated carbocycles. The van der Waals surface area contributed by atoms with E-state index in [2.05, 4.69) is 0 Å². The Morgan fingerprint density at radius 2 is 1.97 bits per heavy atom. The lowest BCUT2D eigenvalue weighted by Crippen LogP contribution is -2.40. The Kier molecular flexibility index (Phi) is 6.66. The second kappa shape index (κ2) is 9.38. The predicted molar refractivity (Wildman–Crippen MR) is 110 cm³/mol. The van der Waals surface area contributed by atoms with Crippen molar-refractivity contribution in [3.8, 4) is 5.75 Å². The second-order valence-corrected chi connectivity index (χ2v) is 6.90. The molecule has 3 rings (SSSR count). The van der Waals surface area contributed by atoms with Gasteiger partial charge in [0.05, 0.1) is 24.7 Å². The largest absolute Gasteiger partial charge is 0.491 e. The first-order valence-electron chi connectivity index (χ1n) is 9.52. The highest BCUT2D eigenvalue weighted by Gasteiger charge is 2.24. The Balaban J connectivity index is 1.70. The van der Waals surface area contributed by atoms with Gasteiger partial charge in [-0.15, -0.1) is 0 Å². The number of para-hydroxylation sites is 1. The fraction of sp³-hybridized carbons (Fsp3) is 0.381. The number of anilines is 1. The van der Waals surface area contributed by atoms with Crippen molar-refractivity contribution in [2.45, 2.75) is 6.92 Å². The number of nitro groups is 1. The lowest BCUT2D eigenvalue weighted by Gasteiger charge is -2.27. The molecule has 0 aliphatic carbocycles. The van der Waals surface area contributed by atoms with Crippen molar-refractivity contribution in [1.29, 1.82) is 0 Å². The number of ether oxygens (including phenoxy) is 2. The third-order valence-electron chi connectivity index (χ3n) is 4.91. The summed E-state index contributed by atoms with van der Waals surface area (Å²) in [6.45, 7) is 4.76. The van der Waals surface area contributed by atoms with Crippen LogP contribution in [0.2, 0.25) is 0 Å². The number of likely N-dealkylation sites (N-methyl/N-ethyl adjacent to an activating group) is 1. The summed E-state index contributed by atoms with van der Waals surface area (Å²) in [5.41, 5.74) is 1.70. The number of benzene rings is 2. The van der Waals surface area contributed by atoms with Gasteiger partial charge in [0, 0.05) is 31.8 Å². The number of carbonyl (C=O) groups is 1. The maximum absolute atomic E-state index is 12.6. The van der Waals surface area contributed by atoms with E-state index < -0.39 is 4.92 Å². The summed E-state index contributed by atoms with van der Waals surface area (Å²) in [5, 5.41) is 11.6. The fourth-order valence-electron chi connectivity index (χ4n) is 3.21. The fourth-order valence-corrected chi connectivity index (χ4v) is 3.21. The second-order valence-electron chi connectivity index (χ2n) is 6.90. The highest BCUT2D eigenvalue weighted by Crippen LogP contribution is 2.29. The maximum Gasteiger partial charge on any atom is 0.293 e. The number of morpholine rings is 1. The Bertz CT molecular complexity index is 880. The zero-order valence-corrected chi connectivity index (χ0v) is 16.7. The summed E-state index contributed by atoms with van der Waals surface area (Å²) in [5.74, 6) is 0.579.